The molecule has 0 radical (unpaired) electrons. The molecule has 2 rings (SSSR count). The molecule has 1 aromatic carbocycles. The largest absolute Gasteiger partial charge is 0.508 e. The first kappa shape index (κ1) is 14.4. The fraction of sp³-hybridized carbons (Fsp3) is 0.625. The van der Waals surface area contributed by atoms with Gasteiger partial charge >= 0.3 is 0 Å². The molecule has 19 heavy (non-hydrogen) atoms. The smallest absolute Gasteiger partial charge is 0.120 e. The van der Waals surface area contributed by atoms with E-state index in [0.29, 0.717) is 11.8 Å². The van der Waals surface area contributed by atoms with Crippen molar-refractivity contribution < 1.29 is 5.11 Å². The minimum Gasteiger partial charge on any atom is -0.508 e. The van der Waals surface area contributed by atoms with Gasteiger partial charge in [0.05, 0.1) is 0 Å². The van der Waals surface area contributed by atoms with Crippen LogP contribution in [0.2, 0.25) is 0 Å². The highest BCUT2D eigenvalue weighted by molar-refractivity contribution is 5.35. The van der Waals surface area contributed by atoms with Crippen LogP contribution in [0.15, 0.2) is 18.2 Å². The molecule has 0 aliphatic carbocycles. The standard InChI is InChI=1S/C16H26N2O/c1-3-9-18(15-5-4-8-17-11-15)12-14-10-13(2)6-7-16(14)19/h6-7,10,15,17,19H,3-5,8-9,11-12H2,1-2H3. The first-order valence-corrected chi connectivity index (χ1v) is 7.44. The Morgan fingerprint density at radius 2 is 2.26 bits per heavy atom. The van der Waals surface area contributed by atoms with Crippen LogP contribution in [0, 0.1) is 6.92 Å². The van der Waals surface area contributed by atoms with Crippen LogP contribution < -0.4 is 5.32 Å². The van der Waals surface area contributed by atoms with Gasteiger partial charge in [-0.1, -0.05) is 24.6 Å². The number of piperidine rings is 1. The second-order valence-corrected chi connectivity index (χ2v) is 5.60. The second-order valence-electron chi connectivity index (χ2n) is 5.60. The van der Waals surface area contributed by atoms with Crippen molar-refractivity contribution in [2.45, 2.75) is 45.7 Å². The van der Waals surface area contributed by atoms with Gasteiger partial charge in [0, 0.05) is 24.7 Å². The zero-order valence-corrected chi connectivity index (χ0v) is 12.2. The minimum absolute atomic E-state index is 0.426. The molecule has 2 N–H and O–H groups in total. The molecule has 0 bridgehead atoms. The van der Waals surface area contributed by atoms with E-state index in [1.54, 1.807) is 0 Å². The lowest BCUT2D eigenvalue weighted by molar-refractivity contribution is 0.156. The Bertz CT molecular complexity index is 400. The average molecular weight is 262 g/mol. The van der Waals surface area contributed by atoms with E-state index in [1.807, 2.05) is 12.1 Å². The predicted octanol–water partition coefficient (Wildman–Crippen LogP) is 2.66. The molecule has 1 saturated heterocycles. The van der Waals surface area contributed by atoms with Crippen molar-refractivity contribution in [3.63, 3.8) is 0 Å². The monoisotopic (exact) mass is 262 g/mol. The highest BCUT2D eigenvalue weighted by atomic mass is 16.3. The van der Waals surface area contributed by atoms with Gasteiger partial charge in [0.25, 0.3) is 0 Å². The van der Waals surface area contributed by atoms with E-state index < -0.39 is 0 Å². The molecule has 1 aliphatic heterocycles. The predicted molar refractivity (Wildman–Crippen MR) is 79.4 cm³/mol. The molecular weight excluding hydrogens is 236 g/mol. The number of benzene rings is 1. The lowest BCUT2D eigenvalue weighted by Gasteiger charge is -2.34. The SMILES string of the molecule is CCCN(Cc1cc(C)ccc1O)C1CCCNC1. The topological polar surface area (TPSA) is 35.5 Å². The van der Waals surface area contributed by atoms with E-state index in [2.05, 4.69) is 30.1 Å². The molecule has 0 spiro atoms. The van der Waals surface area contributed by atoms with Crippen molar-refractivity contribution >= 4 is 0 Å². The Kier molecular flexibility index (Phi) is 5.23. The highest BCUT2D eigenvalue weighted by Gasteiger charge is 2.21. The maximum atomic E-state index is 10.0. The lowest BCUT2D eigenvalue weighted by atomic mass is 10.0. The van der Waals surface area contributed by atoms with Crippen LogP contribution in [0.4, 0.5) is 0 Å². The molecule has 1 aromatic rings. The Labute approximate surface area is 116 Å². The summed E-state index contributed by atoms with van der Waals surface area (Å²) in [5.74, 6) is 0.426. The fourth-order valence-electron chi connectivity index (χ4n) is 2.88. The van der Waals surface area contributed by atoms with E-state index in [-0.39, 0.29) is 0 Å². The maximum Gasteiger partial charge on any atom is 0.120 e. The Balaban J connectivity index is 2.08. The third-order valence-corrected chi connectivity index (χ3v) is 3.91. The van der Waals surface area contributed by atoms with Crippen LogP contribution >= 0.6 is 0 Å². The number of aromatic hydroxyl groups is 1. The summed E-state index contributed by atoms with van der Waals surface area (Å²) in [6.07, 6.45) is 3.67. The van der Waals surface area contributed by atoms with E-state index in [9.17, 15) is 5.11 Å². The molecule has 0 amide bonds. The summed E-state index contributed by atoms with van der Waals surface area (Å²) >= 11 is 0. The van der Waals surface area contributed by atoms with Gasteiger partial charge < -0.3 is 10.4 Å². The van der Waals surface area contributed by atoms with Crippen molar-refractivity contribution in [3.05, 3.63) is 29.3 Å². The molecule has 106 valence electrons. The van der Waals surface area contributed by atoms with Crippen LogP contribution in [0.5, 0.6) is 5.75 Å². The number of nitrogens with zero attached hydrogens (tertiary/aromatic N) is 1. The third-order valence-electron chi connectivity index (χ3n) is 3.91. The average Bonchev–Trinajstić information content (AvgIpc) is 2.43. The van der Waals surface area contributed by atoms with Gasteiger partial charge in [-0.2, -0.15) is 0 Å². The maximum absolute atomic E-state index is 10.0. The van der Waals surface area contributed by atoms with Gasteiger partial charge in [-0.05, 0) is 45.3 Å². The summed E-state index contributed by atoms with van der Waals surface area (Å²) in [5, 5.41) is 13.5. The number of hydrogen-bond acceptors (Lipinski definition) is 3. The third kappa shape index (κ3) is 3.95. The molecule has 1 atom stereocenters. The van der Waals surface area contributed by atoms with E-state index in [4.69, 9.17) is 0 Å². The lowest BCUT2D eigenvalue weighted by Crippen LogP contribution is -2.45. The van der Waals surface area contributed by atoms with E-state index in [1.165, 1.54) is 18.4 Å². The number of aryl methyl sites for hydroxylation is 1. The van der Waals surface area contributed by atoms with Crippen molar-refractivity contribution in [3.8, 4) is 5.75 Å². The summed E-state index contributed by atoms with van der Waals surface area (Å²) in [6, 6.07) is 6.49. The number of phenols is 1. The van der Waals surface area contributed by atoms with Crippen LogP contribution in [0.3, 0.4) is 0 Å². The summed E-state index contributed by atoms with van der Waals surface area (Å²) in [4.78, 5) is 2.51. The van der Waals surface area contributed by atoms with Gasteiger partial charge in [-0.25, -0.2) is 0 Å². The molecule has 1 unspecified atom stereocenters. The Morgan fingerprint density at radius 1 is 1.42 bits per heavy atom. The summed E-state index contributed by atoms with van der Waals surface area (Å²) in [5.41, 5.74) is 2.27. The van der Waals surface area contributed by atoms with Gasteiger partial charge in [-0.15, -0.1) is 0 Å². The molecule has 0 saturated carbocycles. The molecular formula is C16H26N2O. The van der Waals surface area contributed by atoms with Crippen molar-refractivity contribution in [2.75, 3.05) is 19.6 Å². The van der Waals surface area contributed by atoms with Crippen molar-refractivity contribution in [1.82, 2.24) is 10.2 Å². The fourth-order valence-corrected chi connectivity index (χ4v) is 2.88. The zero-order valence-electron chi connectivity index (χ0n) is 12.2. The quantitative estimate of drug-likeness (QED) is 0.856. The van der Waals surface area contributed by atoms with Crippen LogP contribution in [0.1, 0.15) is 37.3 Å². The Morgan fingerprint density at radius 3 is 2.95 bits per heavy atom. The minimum atomic E-state index is 0.426. The molecule has 0 aromatic heterocycles. The summed E-state index contributed by atoms with van der Waals surface area (Å²) in [6.45, 7) is 8.47. The van der Waals surface area contributed by atoms with E-state index >= 15 is 0 Å². The number of phenolic OH excluding ortho intramolecular Hbond substituents is 1. The zero-order chi connectivity index (χ0) is 13.7. The molecule has 1 heterocycles. The molecule has 1 fully saturated rings. The molecule has 3 heteroatoms. The first-order valence-electron chi connectivity index (χ1n) is 7.44. The highest BCUT2D eigenvalue weighted by Crippen LogP contribution is 2.22. The van der Waals surface area contributed by atoms with E-state index in [0.717, 1.165) is 38.2 Å². The van der Waals surface area contributed by atoms with Gasteiger partial charge in [-0.3, -0.25) is 4.90 Å². The normalized spacial score (nSPS) is 19.8. The van der Waals surface area contributed by atoms with Gasteiger partial charge in [0.1, 0.15) is 5.75 Å². The van der Waals surface area contributed by atoms with Crippen molar-refractivity contribution in [1.29, 1.82) is 0 Å². The summed E-state index contributed by atoms with van der Waals surface area (Å²) in [7, 11) is 0. The molecule has 3 nitrogen and oxygen atoms in total. The van der Waals surface area contributed by atoms with Gasteiger partial charge in [0.2, 0.25) is 0 Å². The second kappa shape index (κ2) is 6.92. The van der Waals surface area contributed by atoms with Gasteiger partial charge in [0.15, 0.2) is 0 Å². The molecule has 1 aliphatic rings. The first-order chi connectivity index (χ1) is 9.20. The number of rotatable bonds is 5. The van der Waals surface area contributed by atoms with Crippen LogP contribution in [-0.2, 0) is 6.54 Å². The summed E-state index contributed by atoms with van der Waals surface area (Å²) < 4.78 is 0. The van der Waals surface area contributed by atoms with Crippen molar-refractivity contribution in [2.24, 2.45) is 0 Å². The van der Waals surface area contributed by atoms with Crippen LogP contribution in [0.25, 0.3) is 0 Å². The Hall–Kier alpha value is -1.06. The van der Waals surface area contributed by atoms with Crippen LogP contribution in [-0.4, -0.2) is 35.7 Å². The number of hydrogen-bond donors (Lipinski definition) is 2. The number of nitrogens with one attached hydrogen (secondary N) is 1.